The number of carboxylic acid groups (broad SMARTS) is 1. The number of carbonyl (C=O) groups is 4. The molecule has 0 heterocycles. The normalized spacial score (nSPS) is 14.8. The van der Waals surface area contributed by atoms with Gasteiger partial charge in [0.15, 0.2) is 0 Å². The average molecular weight is 433 g/mol. The molecule has 0 aliphatic rings. The summed E-state index contributed by atoms with van der Waals surface area (Å²) in [5.41, 5.74) is 5.32. The van der Waals surface area contributed by atoms with Crippen LogP contribution in [0.15, 0.2) is 0 Å². The molecule has 0 radical (unpaired) electrons. The van der Waals surface area contributed by atoms with Gasteiger partial charge in [-0.1, -0.05) is 32.6 Å². The van der Waals surface area contributed by atoms with Gasteiger partial charge in [0, 0.05) is 6.42 Å². The number of hydrogen-bond donors (Lipinski definition) is 7. The summed E-state index contributed by atoms with van der Waals surface area (Å²) in [6.07, 6.45) is 3.53. The molecule has 0 aromatic heterocycles. The summed E-state index contributed by atoms with van der Waals surface area (Å²) in [5, 5.41) is 35.2. The lowest BCUT2D eigenvalue weighted by Crippen LogP contribution is -2.59. The molecule has 174 valence electrons. The van der Waals surface area contributed by atoms with Crippen LogP contribution >= 0.6 is 0 Å². The minimum atomic E-state index is -1.47. The van der Waals surface area contributed by atoms with Crippen molar-refractivity contribution in [3.63, 3.8) is 0 Å². The Kier molecular flexibility index (Phi) is 14.4. The molecule has 30 heavy (non-hydrogen) atoms. The first-order valence-corrected chi connectivity index (χ1v) is 10.3. The van der Waals surface area contributed by atoms with Gasteiger partial charge in [0.25, 0.3) is 0 Å². The van der Waals surface area contributed by atoms with E-state index in [1.54, 1.807) is 0 Å². The van der Waals surface area contributed by atoms with E-state index in [1.165, 1.54) is 6.92 Å². The molecule has 0 saturated carbocycles. The minimum absolute atomic E-state index is 0.0139. The summed E-state index contributed by atoms with van der Waals surface area (Å²) in [5.74, 6) is -3.50. The van der Waals surface area contributed by atoms with Gasteiger partial charge in [0.1, 0.15) is 18.1 Å². The number of aliphatic carboxylic acids is 1. The van der Waals surface area contributed by atoms with E-state index >= 15 is 0 Å². The molecule has 11 heteroatoms. The van der Waals surface area contributed by atoms with Crippen LogP contribution in [0, 0.1) is 0 Å². The number of aliphatic hydroxyl groups is 2. The molecule has 8 N–H and O–H groups in total. The van der Waals surface area contributed by atoms with Crippen molar-refractivity contribution >= 4 is 23.7 Å². The molecule has 3 amide bonds. The van der Waals surface area contributed by atoms with E-state index in [9.17, 15) is 29.4 Å². The molecule has 0 fully saturated rings. The third-order valence-electron chi connectivity index (χ3n) is 4.47. The largest absolute Gasteiger partial charge is 0.480 e. The Morgan fingerprint density at radius 2 is 1.57 bits per heavy atom. The molecule has 11 nitrogen and oxygen atoms in total. The topological polar surface area (TPSA) is 191 Å². The number of nitrogens with one attached hydrogen (secondary N) is 3. The summed E-state index contributed by atoms with van der Waals surface area (Å²) in [7, 11) is 0. The van der Waals surface area contributed by atoms with Gasteiger partial charge in [-0.05, 0) is 26.3 Å². The second-order valence-corrected chi connectivity index (χ2v) is 7.17. The molecule has 0 bridgehead atoms. The molecule has 0 rings (SSSR count). The Bertz CT molecular complexity index is 557. The lowest BCUT2D eigenvalue weighted by Gasteiger charge is -2.25. The highest BCUT2D eigenvalue weighted by Crippen LogP contribution is 2.05. The SMILES string of the molecule is CCCCCCCC(=O)N[C@@H](CO)C(=O)N[C@H](C(=O)N[C@H](CCN)C(=O)O)[C@@H](C)O. The molecule has 0 saturated heterocycles. The van der Waals surface area contributed by atoms with Crippen molar-refractivity contribution in [2.24, 2.45) is 5.73 Å². The molecule has 0 spiro atoms. The second kappa shape index (κ2) is 15.6. The smallest absolute Gasteiger partial charge is 0.326 e. The molecule has 0 aliphatic heterocycles. The van der Waals surface area contributed by atoms with E-state index in [0.29, 0.717) is 6.42 Å². The number of amides is 3. The van der Waals surface area contributed by atoms with Gasteiger partial charge < -0.3 is 37.0 Å². The Labute approximate surface area is 176 Å². The zero-order valence-electron chi connectivity index (χ0n) is 17.7. The van der Waals surface area contributed by atoms with Crippen molar-refractivity contribution in [2.75, 3.05) is 13.2 Å². The van der Waals surface area contributed by atoms with Gasteiger partial charge >= 0.3 is 5.97 Å². The summed E-state index contributed by atoms with van der Waals surface area (Å²) < 4.78 is 0. The van der Waals surface area contributed by atoms with Crippen molar-refractivity contribution in [1.82, 2.24) is 16.0 Å². The average Bonchev–Trinajstić information content (AvgIpc) is 2.68. The van der Waals surface area contributed by atoms with Gasteiger partial charge in [0.05, 0.1) is 12.7 Å². The highest BCUT2D eigenvalue weighted by Gasteiger charge is 2.31. The number of rotatable bonds is 16. The fourth-order valence-electron chi connectivity index (χ4n) is 2.69. The summed E-state index contributed by atoms with van der Waals surface area (Å²) >= 11 is 0. The van der Waals surface area contributed by atoms with Crippen LogP contribution in [0.5, 0.6) is 0 Å². The van der Waals surface area contributed by atoms with E-state index in [-0.39, 0.29) is 19.4 Å². The van der Waals surface area contributed by atoms with Crippen molar-refractivity contribution in [2.45, 2.75) is 83.0 Å². The quantitative estimate of drug-likeness (QED) is 0.145. The third-order valence-corrected chi connectivity index (χ3v) is 4.47. The number of hydrogen-bond acceptors (Lipinski definition) is 7. The van der Waals surface area contributed by atoms with E-state index in [0.717, 1.165) is 25.7 Å². The highest BCUT2D eigenvalue weighted by atomic mass is 16.4. The number of carboxylic acids is 1. The predicted molar refractivity (Wildman–Crippen MR) is 109 cm³/mol. The second-order valence-electron chi connectivity index (χ2n) is 7.17. The van der Waals surface area contributed by atoms with Crippen LogP contribution in [0.2, 0.25) is 0 Å². The first kappa shape index (κ1) is 27.8. The van der Waals surface area contributed by atoms with E-state index in [1.807, 2.05) is 0 Å². The maximum atomic E-state index is 12.4. The predicted octanol–water partition coefficient (Wildman–Crippen LogP) is -1.39. The maximum Gasteiger partial charge on any atom is 0.326 e. The first-order chi connectivity index (χ1) is 14.2. The summed E-state index contributed by atoms with van der Waals surface area (Å²) in [4.78, 5) is 47.9. The van der Waals surface area contributed by atoms with Gasteiger partial charge in [-0.2, -0.15) is 0 Å². The Balaban J connectivity index is 4.82. The molecule has 4 atom stereocenters. The zero-order chi connectivity index (χ0) is 23.1. The number of aliphatic hydroxyl groups excluding tert-OH is 2. The summed E-state index contributed by atoms with van der Waals surface area (Å²) in [6.45, 7) is 2.64. The lowest BCUT2D eigenvalue weighted by molar-refractivity contribution is -0.143. The van der Waals surface area contributed by atoms with E-state index in [2.05, 4.69) is 22.9 Å². The van der Waals surface area contributed by atoms with Gasteiger partial charge in [-0.3, -0.25) is 14.4 Å². The molecule has 0 aromatic carbocycles. The van der Waals surface area contributed by atoms with Crippen LogP contribution < -0.4 is 21.7 Å². The van der Waals surface area contributed by atoms with Gasteiger partial charge in [0.2, 0.25) is 17.7 Å². The zero-order valence-corrected chi connectivity index (χ0v) is 17.7. The van der Waals surface area contributed by atoms with Crippen molar-refractivity contribution in [3.05, 3.63) is 0 Å². The van der Waals surface area contributed by atoms with E-state index in [4.69, 9.17) is 10.8 Å². The van der Waals surface area contributed by atoms with Crippen molar-refractivity contribution in [3.8, 4) is 0 Å². The monoisotopic (exact) mass is 432 g/mol. The van der Waals surface area contributed by atoms with Crippen LogP contribution in [-0.2, 0) is 19.2 Å². The number of nitrogens with two attached hydrogens (primary N) is 1. The lowest BCUT2D eigenvalue weighted by atomic mass is 10.1. The third kappa shape index (κ3) is 11.1. The number of carbonyl (C=O) groups excluding carboxylic acids is 3. The Morgan fingerprint density at radius 1 is 0.933 bits per heavy atom. The van der Waals surface area contributed by atoms with Crippen LogP contribution in [0.4, 0.5) is 0 Å². The van der Waals surface area contributed by atoms with Gasteiger partial charge in [-0.25, -0.2) is 4.79 Å². The summed E-state index contributed by atoms with van der Waals surface area (Å²) in [6, 6.07) is -4.06. The van der Waals surface area contributed by atoms with Crippen LogP contribution in [0.3, 0.4) is 0 Å². The van der Waals surface area contributed by atoms with Gasteiger partial charge in [-0.15, -0.1) is 0 Å². The van der Waals surface area contributed by atoms with Crippen molar-refractivity contribution in [1.29, 1.82) is 0 Å². The molecular formula is C19H36N4O7. The maximum absolute atomic E-state index is 12.4. The standard InChI is InChI=1S/C19H36N4O7/c1-3-4-5-6-7-8-15(26)21-14(11-24)17(27)23-16(12(2)25)18(28)22-13(9-10-20)19(29)30/h12-14,16,24-25H,3-11,20H2,1-2H3,(H,21,26)(H,22,28)(H,23,27)(H,29,30)/t12-,13-,14+,16+/m1/s1. The Morgan fingerprint density at radius 3 is 2.07 bits per heavy atom. The van der Waals surface area contributed by atoms with Crippen LogP contribution in [0.1, 0.15) is 58.8 Å². The van der Waals surface area contributed by atoms with Crippen molar-refractivity contribution < 1.29 is 34.5 Å². The highest BCUT2D eigenvalue weighted by molar-refractivity contribution is 5.93. The fraction of sp³-hybridized carbons (Fsp3) is 0.789. The van der Waals surface area contributed by atoms with Crippen LogP contribution in [0.25, 0.3) is 0 Å². The minimum Gasteiger partial charge on any atom is -0.480 e. The van der Waals surface area contributed by atoms with E-state index < -0.39 is 54.5 Å². The first-order valence-electron chi connectivity index (χ1n) is 10.3. The van der Waals surface area contributed by atoms with Crippen LogP contribution in [-0.4, -0.2) is 76.4 Å². The molecule has 0 aromatic rings. The molecular weight excluding hydrogens is 396 g/mol. The molecule has 0 unspecified atom stereocenters. The fourth-order valence-corrected chi connectivity index (χ4v) is 2.69. The number of unbranched alkanes of at least 4 members (excludes halogenated alkanes) is 4. The Hall–Kier alpha value is -2.24. The molecule has 0 aliphatic carbocycles.